The van der Waals surface area contributed by atoms with Crippen LogP contribution in [-0.4, -0.2) is 29.9 Å². The Hall–Kier alpha value is -2.57. The highest BCUT2D eigenvalue weighted by Crippen LogP contribution is 2.30. The Morgan fingerprint density at radius 2 is 1.65 bits per heavy atom. The smallest absolute Gasteiger partial charge is 0.272 e. The highest BCUT2D eigenvalue weighted by Gasteiger charge is 2.27. The molecule has 0 aliphatic carbocycles. The second-order valence-electron chi connectivity index (χ2n) is 8.49. The van der Waals surface area contributed by atoms with Gasteiger partial charge in [-0.25, -0.2) is 17.6 Å². The number of aliphatic imine (C=N–C) groups is 2. The zero-order chi connectivity index (χ0) is 25.8. The molecule has 3 rings (SSSR count). The van der Waals surface area contributed by atoms with E-state index in [1.165, 1.54) is 24.9 Å². The maximum atomic E-state index is 13.4. The molecule has 0 bridgehead atoms. The Labute approximate surface area is 201 Å². The summed E-state index contributed by atoms with van der Waals surface area (Å²) in [6.07, 6.45) is 14.4. The van der Waals surface area contributed by atoms with Crippen LogP contribution in [0.3, 0.4) is 0 Å². The molecule has 0 saturated carbocycles. The number of halogens is 4. The van der Waals surface area contributed by atoms with E-state index >= 15 is 0 Å². The molecule has 2 aliphatic rings. The Bertz CT molecular complexity index is 930. The van der Waals surface area contributed by atoms with E-state index in [4.69, 9.17) is 0 Å². The van der Waals surface area contributed by atoms with Gasteiger partial charge in [0.05, 0.1) is 17.9 Å². The van der Waals surface area contributed by atoms with Crippen molar-refractivity contribution in [2.45, 2.75) is 85.5 Å². The van der Waals surface area contributed by atoms with Crippen LogP contribution in [0.2, 0.25) is 0 Å². The molecule has 0 N–H and O–H groups in total. The number of nitrogens with zero attached hydrogens (tertiary/aromatic N) is 3. The van der Waals surface area contributed by atoms with Crippen molar-refractivity contribution in [3.63, 3.8) is 0 Å². The Morgan fingerprint density at radius 1 is 0.971 bits per heavy atom. The Morgan fingerprint density at radius 3 is 2.18 bits per heavy atom. The van der Waals surface area contributed by atoms with Crippen molar-refractivity contribution in [2.75, 3.05) is 6.54 Å². The minimum atomic E-state index is -2.85. The van der Waals surface area contributed by atoms with Crippen LogP contribution in [0.15, 0.2) is 51.6 Å². The van der Waals surface area contributed by atoms with E-state index in [0.717, 1.165) is 62.1 Å². The largest absolute Gasteiger partial charge is 0.289 e. The van der Waals surface area contributed by atoms with Gasteiger partial charge in [-0.05, 0) is 43.9 Å². The number of hydrogen-bond donors (Lipinski definition) is 0. The molecule has 0 aromatic carbocycles. The summed E-state index contributed by atoms with van der Waals surface area (Å²) in [7, 11) is 0. The molecule has 0 radical (unpaired) electrons. The third-order valence-electron chi connectivity index (χ3n) is 4.74. The number of rotatable bonds is 5. The standard InChI is InChI=1S/C15H18F2N2.C9H11F2N.C3H8/c1-3-6-11-9-12(15(2,16)17)10-19-14(11)13-7-4-5-8-18-13;1-7-3-4-12-6-8(5-7)9(2,10)11;1-3-2/h7-10H,3-6H2,1-2H3;3,5-6H,4H2,1-2H3;3H2,1-2H3. The quantitative estimate of drug-likeness (QED) is 0.391. The number of hydrogen-bond acceptors (Lipinski definition) is 3. The maximum absolute atomic E-state index is 13.4. The van der Waals surface area contributed by atoms with Gasteiger partial charge in [-0.1, -0.05) is 51.3 Å². The van der Waals surface area contributed by atoms with Crippen LogP contribution in [-0.2, 0) is 12.3 Å². The van der Waals surface area contributed by atoms with E-state index in [9.17, 15) is 17.6 Å². The fourth-order valence-electron chi connectivity index (χ4n) is 3.04. The molecule has 188 valence electrons. The summed E-state index contributed by atoms with van der Waals surface area (Å²) in [6, 6.07) is 1.57. The topological polar surface area (TPSA) is 37.6 Å². The number of pyridine rings is 1. The summed E-state index contributed by atoms with van der Waals surface area (Å²) >= 11 is 0. The lowest BCUT2D eigenvalue weighted by atomic mass is 10.0. The molecule has 0 atom stereocenters. The lowest BCUT2D eigenvalue weighted by Crippen LogP contribution is -2.14. The molecule has 0 amide bonds. The summed E-state index contributed by atoms with van der Waals surface area (Å²) in [5.41, 5.74) is 3.19. The van der Waals surface area contributed by atoms with Crippen molar-refractivity contribution in [2.24, 2.45) is 9.98 Å². The minimum Gasteiger partial charge on any atom is -0.289 e. The third-order valence-corrected chi connectivity index (χ3v) is 4.74. The zero-order valence-corrected chi connectivity index (χ0v) is 21.1. The third kappa shape index (κ3) is 10.1. The van der Waals surface area contributed by atoms with Crippen molar-refractivity contribution in [3.8, 4) is 0 Å². The van der Waals surface area contributed by atoms with Gasteiger partial charge in [0.25, 0.3) is 11.8 Å². The van der Waals surface area contributed by atoms with Gasteiger partial charge < -0.3 is 0 Å². The van der Waals surface area contributed by atoms with E-state index in [-0.39, 0.29) is 11.1 Å². The average molecular weight is 480 g/mol. The molecule has 0 unspecified atom stereocenters. The van der Waals surface area contributed by atoms with Crippen LogP contribution in [0.4, 0.5) is 17.6 Å². The highest BCUT2D eigenvalue weighted by molar-refractivity contribution is 5.82. The van der Waals surface area contributed by atoms with Gasteiger partial charge in [-0.2, -0.15) is 0 Å². The molecule has 3 nitrogen and oxygen atoms in total. The molecule has 34 heavy (non-hydrogen) atoms. The summed E-state index contributed by atoms with van der Waals surface area (Å²) in [4.78, 5) is 12.4. The molecule has 2 aliphatic heterocycles. The van der Waals surface area contributed by atoms with Crippen LogP contribution < -0.4 is 0 Å². The van der Waals surface area contributed by atoms with E-state index in [2.05, 4.69) is 28.8 Å². The van der Waals surface area contributed by atoms with Gasteiger partial charge in [0.1, 0.15) is 0 Å². The number of alkyl halides is 4. The molecule has 0 fully saturated rings. The van der Waals surface area contributed by atoms with Crippen LogP contribution in [0, 0.1) is 0 Å². The highest BCUT2D eigenvalue weighted by atomic mass is 19.3. The first-order valence-electron chi connectivity index (χ1n) is 11.8. The van der Waals surface area contributed by atoms with Gasteiger partial charge in [0.15, 0.2) is 0 Å². The van der Waals surface area contributed by atoms with Crippen molar-refractivity contribution in [1.82, 2.24) is 4.98 Å². The fourth-order valence-corrected chi connectivity index (χ4v) is 3.04. The van der Waals surface area contributed by atoms with E-state index in [1.807, 2.05) is 25.3 Å². The van der Waals surface area contributed by atoms with Crippen molar-refractivity contribution in [3.05, 3.63) is 58.5 Å². The van der Waals surface area contributed by atoms with Gasteiger partial charge in [0.2, 0.25) is 0 Å². The predicted octanol–water partition coefficient (Wildman–Crippen LogP) is 8.37. The Kier molecular flexibility index (Phi) is 12.1. The normalized spacial score (nSPS) is 15.6. The van der Waals surface area contributed by atoms with E-state index in [0.29, 0.717) is 6.54 Å². The summed E-state index contributed by atoms with van der Waals surface area (Å²) in [6.45, 7) is 10.3. The van der Waals surface area contributed by atoms with Gasteiger partial charge in [-0.3, -0.25) is 15.0 Å². The number of aromatic nitrogens is 1. The minimum absolute atomic E-state index is 0.0197. The Balaban J connectivity index is 0.000000330. The number of allylic oxidation sites excluding steroid dienone is 4. The van der Waals surface area contributed by atoms with Gasteiger partial charge >= 0.3 is 0 Å². The second kappa shape index (κ2) is 14.0. The lowest BCUT2D eigenvalue weighted by Gasteiger charge is -2.15. The van der Waals surface area contributed by atoms with Crippen molar-refractivity contribution in [1.29, 1.82) is 0 Å². The molecule has 1 aromatic rings. The van der Waals surface area contributed by atoms with Crippen molar-refractivity contribution < 1.29 is 17.6 Å². The molecular formula is C27H37F4N3. The summed E-state index contributed by atoms with van der Waals surface area (Å²) in [5.74, 6) is -5.64. The zero-order valence-electron chi connectivity index (χ0n) is 21.1. The molecule has 0 saturated heterocycles. The summed E-state index contributed by atoms with van der Waals surface area (Å²) in [5, 5.41) is 0. The van der Waals surface area contributed by atoms with Crippen molar-refractivity contribution >= 4 is 18.1 Å². The molecule has 7 heteroatoms. The van der Waals surface area contributed by atoms with Crippen LogP contribution in [0.1, 0.15) is 84.0 Å². The monoisotopic (exact) mass is 479 g/mol. The average Bonchev–Trinajstić information content (AvgIpc) is 2.99. The molecular weight excluding hydrogens is 442 g/mol. The maximum Gasteiger partial charge on any atom is 0.272 e. The van der Waals surface area contributed by atoms with Crippen LogP contribution in [0.5, 0.6) is 0 Å². The number of aryl methyl sites for hydroxylation is 1. The molecule has 1 aromatic heterocycles. The van der Waals surface area contributed by atoms with Gasteiger partial charge in [0, 0.05) is 43.6 Å². The predicted molar refractivity (Wildman–Crippen MR) is 135 cm³/mol. The molecule has 0 spiro atoms. The van der Waals surface area contributed by atoms with Crippen LogP contribution >= 0.6 is 0 Å². The van der Waals surface area contributed by atoms with E-state index in [1.54, 1.807) is 13.0 Å². The SMILES string of the molecule is CC1=CCN=CC(C(C)(F)F)=C1.CCC.CCCc1cc(C(C)(F)F)cnc1C1=CCCC=N1. The fraction of sp³-hybridized carbons (Fsp3) is 0.519. The second-order valence-corrected chi connectivity index (χ2v) is 8.49. The first-order valence-corrected chi connectivity index (χ1v) is 11.8. The van der Waals surface area contributed by atoms with Crippen LogP contribution in [0.25, 0.3) is 5.70 Å². The van der Waals surface area contributed by atoms with Gasteiger partial charge in [-0.15, -0.1) is 0 Å². The molecule has 3 heterocycles. The lowest BCUT2D eigenvalue weighted by molar-refractivity contribution is 0.0170. The summed E-state index contributed by atoms with van der Waals surface area (Å²) < 4.78 is 52.3. The van der Waals surface area contributed by atoms with E-state index < -0.39 is 11.8 Å². The first-order chi connectivity index (χ1) is 15.9. The first kappa shape index (κ1) is 29.5.